The molecule has 104 valence electrons. The number of benzene rings is 1. The first kappa shape index (κ1) is 14.1. The standard InChI is InChI=1S/C16H24N2O/c1-16(2,3)10-13(11-17)15(19)18-9-8-12-6-4-5-7-14(12)18/h4-7,13H,8-11,17H2,1-3H3. The number of carbonyl (C=O) groups is 1. The highest BCUT2D eigenvalue weighted by atomic mass is 16.2. The molecule has 0 bridgehead atoms. The van der Waals surface area contributed by atoms with Crippen LogP contribution in [0.25, 0.3) is 0 Å². The fraction of sp³-hybridized carbons (Fsp3) is 0.562. The number of para-hydroxylation sites is 1. The Hall–Kier alpha value is -1.35. The van der Waals surface area contributed by atoms with E-state index in [0.717, 1.165) is 25.1 Å². The van der Waals surface area contributed by atoms with E-state index < -0.39 is 0 Å². The molecule has 0 radical (unpaired) electrons. The lowest BCUT2D eigenvalue weighted by Gasteiger charge is -2.28. The maximum Gasteiger partial charge on any atom is 0.231 e. The van der Waals surface area contributed by atoms with Crippen molar-refractivity contribution in [2.24, 2.45) is 17.1 Å². The molecule has 19 heavy (non-hydrogen) atoms. The molecule has 0 aromatic heterocycles. The summed E-state index contributed by atoms with van der Waals surface area (Å²) in [5.74, 6) is 0.105. The lowest BCUT2D eigenvalue weighted by molar-refractivity contribution is -0.122. The van der Waals surface area contributed by atoms with E-state index in [-0.39, 0.29) is 17.2 Å². The minimum Gasteiger partial charge on any atom is -0.330 e. The number of rotatable bonds is 3. The smallest absolute Gasteiger partial charge is 0.231 e. The summed E-state index contributed by atoms with van der Waals surface area (Å²) in [6.07, 6.45) is 1.79. The zero-order valence-electron chi connectivity index (χ0n) is 12.1. The summed E-state index contributed by atoms with van der Waals surface area (Å²) in [6, 6.07) is 8.16. The second kappa shape index (κ2) is 5.33. The summed E-state index contributed by atoms with van der Waals surface area (Å²) in [4.78, 5) is 14.6. The Labute approximate surface area is 115 Å². The number of nitrogens with two attached hydrogens (primary N) is 1. The van der Waals surface area contributed by atoms with Crippen molar-refractivity contribution >= 4 is 11.6 Å². The van der Waals surface area contributed by atoms with Gasteiger partial charge in [-0.25, -0.2) is 0 Å². The van der Waals surface area contributed by atoms with Crippen molar-refractivity contribution in [3.05, 3.63) is 29.8 Å². The van der Waals surface area contributed by atoms with Crippen molar-refractivity contribution in [2.75, 3.05) is 18.0 Å². The second-order valence-corrected chi connectivity index (χ2v) is 6.57. The van der Waals surface area contributed by atoms with Gasteiger partial charge >= 0.3 is 0 Å². The molecule has 3 heteroatoms. The molecule has 2 N–H and O–H groups in total. The van der Waals surface area contributed by atoms with Gasteiger partial charge in [-0.15, -0.1) is 0 Å². The van der Waals surface area contributed by atoms with Gasteiger partial charge in [0, 0.05) is 18.8 Å². The summed E-state index contributed by atoms with van der Waals surface area (Å²) < 4.78 is 0. The fourth-order valence-corrected chi connectivity index (χ4v) is 2.80. The fourth-order valence-electron chi connectivity index (χ4n) is 2.80. The summed E-state index contributed by atoms with van der Waals surface area (Å²) in [6.45, 7) is 7.68. The number of anilines is 1. The normalized spacial score (nSPS) is 16.3. The van der Waals surface area contributed by atoms with Gasteiger partial charge in [0.2, 0.25) is 5.91 Å². The minimum atomic E-state index is -0.0776. The van der Waals surface area contributed by atoms with Crippen LogP contribution in [0.2, 0.25) is 0 Å². The van der Waals surface area contributed by atoms with Crippen LogP contribution in [-0.2, 0) is 11.2 Å². The lowest BCUT2D eigenvalue weighted by Crippen LogP contribution is -2.39. The van der Waals surface area contributed by atoms with Crippen molar-refractivity contribution in [1.82, 2.24) is 0 Å². The van der Waals surface area contributed by atoms with Gasteiger partial charge in [0.05, 0.1) is 5.92 Å². The molecule has 1 aliphatic rings. The maximum atomic E-state index is 12.7. The Balaban J connectivity index is 2.16. The van der Waals surface area contributed by atoms with Crippen LogP contribution in [0.15, 0.2) is 24.3 Å². The molecule has 0 aliphatic carbocycles. The molecule has 1 heterocycles. The van der Waals surface area contributed by atoms with E-state index in [9.17, 15) is 4.79 Å². The molecule has 1 aromatic rings. The van der Waals surface area contributed by atoms with E-state index in [2.05, 4.69) is 26.8 Å². The highest BCUT2D eigenvalue weighted by Gasteiger charge is 2.31. The first-order chi connectivity index (χ1) is 8.92. The molecule has 0 spiro atoms. The first-order valence-corrected chi connectivity index (χ1v) is 7.02. The number of nitrogens with zero attached hydrogens (tertiary/aromatic N) is 1. The first-order valence-electron chi connectivity index (χ1n) is 7.02. The molecule has 3 nitrogen and oxygen atoms in total. The molecule has 1 aliphatic heterocycles. The SMILES string of the molecule is CC(C)(C)CC(CN)C(=O)N1CCc2ccccc21. The predicted octanol–water partition coefficient (Wildman–Crippen LogP) is 2.59. The van der Waals surface area contributed by atoms with E-state index in [1.165, 1.54) is 5.56 Å². The van der Waals surface area contributed by atoms with Gasteiger partial charge in [-0.3, -0.25) is 4.79 Å². The summed E-state index contributed by atoms with van der Waals surface area (Å²) >= 11 is 0. The maximum absolute atomic E-state index is 12.7. The van der Waals surface area contributed by atoms with E-state index in [1.807, 2.05) is 23.1 Å². The Morgan fingerprint density at radius 3 is 2.68 bits per heavy atom. The Kier molecular flexibility index (Phi) is 3.95. The van der Waals surface area contributed by atoms with E-state index in [1.54, 1.807) is 0 Å². The van der Waals surface area contributed by atoms with Crippen LogP contribution in [0.3, 0.4) is 0 Å². The van der Waals surface area contributed by atoms with Gasteiger partial charge in [-0.2, -0.15) is 0 Å². The van der Waals surface area contributed by atoms with Crippen molar-refractivity contribution in [3.8, 4) is 0 Å². The average Bonchev–Trinajstić information content (AvgIpc) is 2.78. The van der Waals surface area contributed by atoms with Gasteiger partial charge in [0.15, 0.2) is 0 Å². The molecular formula is C16H24N2O. The van der Waals surface area contributed by atoms with Crippen LogP contribution in [-0.4, -0.2) is 19.0 Å². The molecule has 1 aromatic carbocycles. The number of amides is 1. The largest absolute Gasteiger partial charge is 0.330 e. The third-order valence-electron chi connectivity index (χ3n) is 3.65. The lowest BCUT2D eigenvalue weighted by atomic mass is 9.84. The Bertz CT molecular complexity index is 462. The summed E-state index contributed by atoms with van der Waals surface area (Å²) in [7, 11) is 0. The molecule has 0 fully saturated rings. The van der Waals surface area contributed by atoms with Crippen LogP contribution < -0.4 is 10.6 Å². The quantitative estimate of drug-likeness (QED) is 0.908. The highest BCUT2D eigenvalue weighted by molar-refractivity contribution is 5.97. The average molecular weight is 260 g/mol. The molecule has 0 saturated carbocycles. The van der Waals surface area contributed by atoms with E-state index >= 15 is 0 Å². The molecule has 1 amide bonds. The van der Waals surface area contributed by atoms with Crippen molar-refractivity contribution in [2.45, 2.75) is 33.6 Å². The van der Waals surface area contributed by atoms with Gasteiger partial charge in [0.1, 0.15) is 0 Å². The second-order valence-electron chi connectivity index (χ2n) is 6.57. The number of fused-ring (bicyclic) bond motifs is 1. The zero-order valence-corrected chi connectivity index (χ0v) is 12.1. The number of hydrogen-bond acceptors (Lipinski definition) is 2. The molecule has 1 unspecified atom stereocenters. The van der Waals surface area contributed by atoms with Crippen LogP contribution >= 0.6 is 0 Å². The predicted molar refractivity (Wildman–Crippen MR) is 79.1 cm³/mol. The van der Waals surface area contributed by atoms with E-state index in [0.29, 0.717) is 6.54 Å². The van der Waals surface area contributed by atoms with Crippen molar-refractivity contribution < 1.29 is 4.79 Å². The van der Waals surface area contributed by atoms with Gasteiger partial charge in [-0.1, -0.05) is 39.0 Å². The van der Waals surface area contributed by atoms with Gasteiger partial charge in [-0.05, 0) is 29.9 Å². The molecule has 2 rings (SSSR count). The Morgan fingerprint density at radius 1 is 1.37 bits per heavy atom. The topological polar surface area (TPSA) is 46.3 Å². The van der Waals surface area contributed by atoms with Crippen LogP contribution in [0.1, 0.15) is 32.8 Å². The zero-order chi connectivity index (χ0) is 14.0. The van der Waals surface area contributed by atoms with Crippen LogP contribution in [0.4, 0.5) is 5.69 Å². The summed E-state index contributed by atoms with van der Waals surface area (Å²) in [5.41, 5.74) is 8.28. The third-order valence-corrected chi connectivity index (χ3v) is 3.65. The van der Waals surface area contributed by atoms with Gasteiger partial charge in [0.25, 0.3) is 0 Å². The Morgan fingerprint density at radius 2 is 2.05 bits per heavy atom. The highest BCUT2D eigenvalue weighted by Crippen LogP contribution is 2.31. The van der Waals surface area contributed by atoms with Crippen molar-refractivity contribution in [3.63, 3.8) is 0 Å². The number of hydrogen-bond donors (Lipinski definition) is 1. The van der Waals surface area contributed by atoms with E-state index in [4.69, 9.17) is 5.73 Å². The van der Waals surface area contributed by atoms with Gasteiger partial charge < -0.3 is 10.6 Å². The number of carbonyl (C=O) groups excluding carboxylic acids is 1. The van der Waals surface area contributed by atoms with Crippen molar-refractivity contribution in [1.29, 1.82) is 0 Å². The van der Waals surface area contributed by atoms with Crippen LogP contribution in [0.5, 0.6) is 0 Å². The molecular weight excluding hydrogens is 236 g/mol. The summed E-state index contributed by atoms with van der Waals surface area (Å²) in [5, 5.41) is 0. The minimum absolute atomic E-state index is 0.0776. The monoisotopic (exact) mass is 260 g/mol. The van der Waals surface area contributed by atoms with Crippen LogP contribution in [0, 0.1) is 11.3 Å². The molecule has 0 saturated heterocycles. The molecule has 1 atom stereocenters. The third kappa shape index (κ3) is 3.16.